The molecule has 0 aliphatic heterocycles. The Morgan fingerprint density at radius 3 is 2.58 bits per heavy atom. The maximum absolute atomic E-state index is 10.9. The van der Waals surface area contributed by atoms with Crippen molar-refractivity contribution in [1.29, 1.82) is 0 Å². The summed E-state index contributed by atoms with van der Waals surface area (Å²) in [6, 6.07) is 0. The lowest BCUT2D eigenvalue weighted by Crippen LogP contribution is -2.32. The lowest BCUT2D eigenvalue weighted by Gasteiger charge is -2.00. The second-order valence-corrected chi connectivity index (χ2v) is 2.51. The molecule has 0 aromatic carbocycles. The molecule has 0 aromatic rings. The Morgan fingerprint density at radius 2 is 2.08 bits per heavy atom. The Bertz CT molecular complexity index is 138. The number of unbranched alkanes of at least 4 members (excludes halogenated alkanes) is 1. The zero-order valence-electron chi connectivity index (χ0n) is 7.30. The smallest absolute Gasteiger partial charge is 0.287 e. The van der Waals surface area contributed by atoms with Gasteiger partial charge in [-0.15, -0.1) is 0 Å². The fourth-order valence-corrected chi connectivity index (χ4v) is 0.719. The predicted molar refractivity (Wildman–Crippen MR) is 44.6 cm³/mol. The minimum atomic E-state index is -0.586. The van der Waals surface area contributed by atoms with Crippen molar-refractivity contribution in [3.05, 3.63) is 0 Å². The third-order valence-corrected chi connectivity index (χ3v) is 1.41. The number of carbonyl (C=O) groups excluding carboxylic acids is 2. The van der Waals surface area contributed by atoms with Crippen LogP contribution in [0.1, 0.15) is 26.2 Å². The van der Waals surface area contributed by atoms with Gasteiger partial charge in [-0.05, 0) is 6.42 Å². The Kier molecular flexibility index (Phi) is 6.28. The van der Waals surface area contributed by atoms with Gasteiger partial charge >= 0.3 is 0 Å². The first-order valence-electron chi connectivity index (χ1n) is 4.14. The highest BCUT2D eigenvalue weighted by molar-refractivity contribution is 6.36. The van der Waals surface area contributed by atoms with E-state index in [2.05, 4.69) is 5.32 Å². The molecule has 0 radical (unpaired) electrons. The summed E-state index contributed by atoms with van der Waals surface area (Å²) in [6.07, 6.45) is 1.94. The monoisotopic (exact) mass is 173 g/mol. The van der Waals surface area contributed by atoms with E-state index in [1.54, 1.807) is 0 Å². The molecule has 0 saturated heterocycles. The number of aliphatic hydroxyl groups excluding tert-OH is 1. The summed E-state index contributed by atoms with van der Waals surface area (Å²) in [5.74, 6) is -0.984. The molecule has 70 valence electrons. The van der Waals surface area contributed by atoms with Crippen LogP contribution < -0.4 is 5.32 Å². The van der Waals surface area contributed by atoms with Crippen molar-refractivity contribution in [3.63, 3.8) is 0 Å². The summed E-state index contributed by atoms with van der Waals surface area (Å²) in [4.78, 5) is 21.8. The van der Waals surface area contributed by atoms with Crippen molar-refractivity contribution < 1.29 is 14.7 Å². The molecular formula is C8H15NO3. The van der Waals surface area contributed by atoms with Crippen LogP contribution in [0.15, 0.2) is 0 Å². The van der Waals surface area contributed by atoms with Crippen LogP contribution in [0, 0.1) is 0 Å². The summed E-state index contributed by atoms with van der Waals surface area (Å²) in [6.45, 7) is 1.97. The lowest BCUT2D eigenvalue weighted by atomic mass is 10.2. The first-order chi connectivity index (χ1) is 5.72. The van der Waals surface area contributed by atoms with Crippen LogP contribution in [0.3, 0.4) is 0 Å². The minimum Gasteiger partial charge on any atom is -0.395 e. The normalized spacial score (nSPS) is 9.50. The highest BCUT2D eigenvalue weighted by atomic mass is 16.3. The van der Waals surface area contributed by atoms with Gasteiger partial charge in [0.1, 0.15) is 0 Å². The van der Waals surface area contributed by atoms with Gasteiger partial charge in [0.2, 0.25) is 5.78 Å². The van der Waals surface area contributed by atoms with Gasteiger partial charge in [-0.1, -0.05) is 13.3 Å². The molecule has 0 aliphatic carbocycles. The summed E-state index contributed by atoms with van der Waals surface area (Å²) in [5, 5.41) is 10.6. The number of rotatable bonds is 6. The summed E-state index contributed by atoms with van der Waals surface area (Å²) >= 11 is 0. The van der Waals surface area contributed by atoms with Crippen LogP contribution in [0.25, 0.3) is 0 Å². The van der Waals surface area contributed by atoms with Gasteiger partial charge in [-0.25, -0.2) is 0 Å². The number of aliphatic hydroxyl groups is 1. The number of hydrogen-bond donors (Lipinski definition) is 2. The van der Waals surface area contributed by atoms with E-state index < -0.39 is 11.7 Å². The molecule has 12 heavy (non-hydrogen) atoms. The van der Waals surface area contributed by atoms with E-state index in [1.165, 1.54) is 0 Å². The van der Waals surface area contributed by atoms with E-state index in [0.29, 0.717) is 6.42 Å². The fourth-order valence-electron chi connectivity index (χ4n) is 0.719. The zero-order valence-corrected chi connectivity index (χ0v) is 7.30. The number of hydrogen-bond acceptors (Lipinski definition) is 3. The number of ketones is 1. The average molecular weight is 173 g/mol. The van der Waals surface area contributed by atoms with Crippen molar-refractivity contribution in [2.45, 2.75) is 26.2 Å². The van der Waals surface area contributed by atoms with Crippen LogP contribution in [-0.2, 0) is 9.59 Å². The van der Waals surface area contributed by atoms with Gasteiger partial charge in [0.05, 0.1) is 6.61 Å². The highest BCUT2D eigenvalue weighted by Gasteiger charge is 2.10. The summed E-state index contributed by atoms with van der Waals surface area (Å²) < 4.78 is 0. The maximum Gasteiger partial charge on any atom is 0.287 e. The molecule has 0 fully saturated rings. The molecule has 4 heteroatoms. The number of Topliss-reactive ketones (excluding diaryl/α,β-unsaturated/α-hetero) is 1. The topological polar surface area (TPSA) is 66.4 Å². The Balaban J connectivity index is 3.55. The predicted octanol–water partition coefficient (Wildman–Crippen LogP) is -0.146. The number of carbonyl (C=O) groups is 2. The van der Waals surface area contributed by atoms with Crippen molar-refractivity contribution >= 4 is 11.7 Å². The molecule has 0 saturated carbocycles. The van der Waals surface area contributed by atoms with Gasteiger partial charge in [-0.2, -0.15) is 0 Å². The first-order valence-corrected chi connectivity index (χ1v) is 4.14. The Morgan fingerprint density at radius 1 is 1.42 bits per heavy atom. The quantitative estimate of drug-likeness (QED) is 0.549. The van der Waals surface area contributed by atoms with Crippen LogP contribution in [0.2, 0.25) is 0 Å². The molecule has 0 rings (SSSR count). The van der Waals surface area contributed by atoms with Crippen LogP contribution in [0.4, 0.5) is 0 Å². The summed E-state index contributed by atoms with van der Waals surface area (Å²) in [5.41, 5.74) is 0. The molecule has 0 unspecified atom stereocenters. The van der Waals surface area contributed by atoms with Gasteiger partial charge in [0.15, 0.2) is 0 Å². The van der Waals surface area contributed by atoms with Gasteiger partial charge in [0.25, 0.3) is 5.91 Å². The van der Waals surface area contributed by atoms with Crippen molar-refractivity contribution in [2.24, 2.45) is 0 Å². The number of amides is 1. The Hall–Kier alpha value is -0.900. The van der Waals surface area contributed by atoms with E-state index >= 15 is 0 Å². The third-order valence-electron chi connectivity index (χ3n) is 1.41. The lowest BCUT2D eigenvalue weighted by molar-refractivity contribution is -0.138. The summed E-state index contributed by atoms with van der Waals surface area (Å²) in [7, 11) is 0. The van der Waals surface area contributed by atoms with Crippen molar-refractivity contribution in [2.75, 3.05) is 13.2 Å². The molecule has 2 N–H and O–H groups in total. The zero-order chi connectivity index (χ0) is 9.40. The molecule has 0 bridgehead atoms. The second kappa shape index (κ2) is 6.79. The molecular weight excluding hydrogens is 158 g/mol. The minimum absolute atomic E-state index is 0.132. The second-order valence-electron chi connectivity index (χ2n) is 2.51. The van der Waals surface area contributed by atoms with Gasteiger partial charge in [0, 0.05) is 13.0 Å². The van der Waals surface area contributed by atoms with Crippen molar-refractivity contribution in [1.82, 2.24) is 5.32 Å². The number of nitrogens with one attached hydrogen (secondary N) is 1. The van der Waals surface area contributed by atoms with E-state index in [9.17, 15) is 9.59 Å². The van der Waals surface area contributed by atoms with Gasteiger partial charge in [-0.3, -0.25) is 9.59 Å². The molecule has 0 heterocycles. The van der Waals surface area contributed by atoms with E-state index in [1.807, 2.05) is 6.92 Å². The molecule has 1 amide bonds. The fraction of sp³-hybridized carbons (Fsp3) is 0.750. The van der Waals surface area contributed by atoms with E-state index in [4.69, 9.17) is 5.11 Å². The van der Waals surface area contributed by atoms with Crippen LogP contribution in [-0.4, -0.2) is 29.9 Å². The van der Waals surface area contributed by atoms with Crippen LogP contribution in [0.5, 0.6) is 0 Å². The van der Waals surface area contributed by atoms with E-state index in [-0.39, 0.29) is 13.2 Å². The Labute approximate surface area is 72.0 Å². The van der Waals surface area contributed by atoms with Crippen molar-refractivity contribution in [3.8, 4) is 0 Å². The molecule has 4 nitrogen and oxygen atoms in total. The third kappa shape index (κ3) is 4.85. The first kappa shape index (κ1) is 11.1. The molecule has 0 spiro atoms. The SMILES string of the molecule is CCCCC(=O)C(=O)NCCO. The maximum atomic E-state index is 10.9. The molecule has 0 aromatic heterocycles. The van der Waals surface area contributed by atoms with Gasteiger partial charge < -0.3 is 10.4 Å². The largest absolute Gasteiger partial charge is 0.395 e. The molecule has 0 aliphatic rings. The van der Waals surface area contributed by atoms with E-state index in [0.717, 1.165) is 12.8 Å². The molecule has 0 atom stereocenters. The standard InChI is InChI=1S/C8H15NO3/c1-2-3-4-7(11)8(12)9-5-6-10/h10H,2-6H2,1H3,(H,9,12). The van der Waals surface area contributed by atoms with Crippen LogP contribution >= 0.6 is 0 Å². The average Bonchev–Trinajstić information content (AvgIpc) is 2.10. The highest BCUT2D eigenvalue weighted by Crippen LogP contribution is 1.94.